The smallest absolute Gasteiger partial charge is 0.325 e. The zero-order valence-electron chi connectivity index (χ0n) is 8.07. The molecule has 0 unspecified atom stereocenters. The summed E-state index contributed by atoms with van der Waals surface area (Å²) in [5.41, 5.74) is -1.28. The Morgan fingerprint density at radius 3 is 2.62 bits per heavy atom. The fourth-order valence-corrected chi connectivity index (χ4v) is 0.979. The van der Waals surface area contributed by atoms with E-state index < -0.39 is 29.7 Å². The lowest BCUT2D eigenvalue weighted by Crippen LogP contribution is -2.33. The number of rotatable bonds is 4. The van der Waals surface area contributed by atoms with Crippen LogP contribution in [0.3, 0.4) is 0 Å². The summed E-state index contributed by atoms with van der Waals surface area (Å²) in [5, 5.41) is 10.4. The molecule has 0 fully saturated rings. The van der Waals surface area contributed by atoms with Gasteiger partial charge in [0.1, 0.15) is 6.54 Å². The van der Waals surface area contributed by atoms with Gasteiger partial charge in [-0.2, -0.15) is 0 Å². The molecule has 0 aliphatic heterocycles. The average Bonchev–Trinajstić information content (AvgIpc) is 2.19. The van der Waals surface area contributed by atoms with Crippen LogP contribution in [-0.2, 0) is 16.0 Å². The van der Waals surface area contributed by atoms with Crippen molar-refractivity contribution in [2.45, 2.75) is 6.42 Å². The molecule has 1 aromatic heterocycles. The van der Waals surface area contributed by atoms with Gasteiger partial charge in [0, 0.05) is 11.8 Å². The van der Waals surface area contributed by atoms with Crippen molar-refractivity contribution in [3.63, 3.8) is 0 Å². The highest BCUT2D eigenvalue weighted by atomic mass is 16.4. The van der Waals surface area contributed by atoms with Gasteiger partial charge in [-0.3, -0.25) is 19.4 Å². The Hall–Kier alpha value is -2.38. The van der Waals surface area contributed by atoms with Crippen LogP contribution in [0.4, 0.5) is 0 Å². The zero-order valence-corrected chi connectivity index (χ0v) is 8.07. The van der Waals surface area contributed by atoms with Crippen LogP contribution in [0.15, 0.2) is 15.8 Å². The number of hydrogen-bond acceptors (Lipinski definition) is 4. The van der Waals surface area contributed by atoms with Crippen molar-refractivity contribution in [2.24, 2.45) is 0 Å². The Morgan fingerprint density at radius 2 is 2.06 bits per heavy atom. The van der Waals surface area contributed by atoms with Crippen LogP contribution in [0.25, 0.3) is 0 Å². The van der Waals surface area contributed by atoms with Gasteiger partial charge in [0.25, 0.3) is 5.56 Å². The van der Waals surface area contributed by atoms with Crippen LogP contribution in [-0.4, -0.2) is 33.5 Å². The number of amides is 1. The predicted octanol–water partition coefficient (Wildman–Crippen LogP) is -2.19. The summed E-state index contributed by atoms with van der Waals surface area (Å²) in [6.45, 7) is -0.514. The molecule has 0 saturated heterocycles. The summed E-state index contributed by atoms with van der Waals surface area (Å²) in [6, 6.07) is 0. The molecule has 0 bridgehead atoms. The molecular weight excluding hydrogens is 218 g/mol. The maximum Gasteiger partial charge on any atom is 0.325 e. The van der Waals surface area contributed by atoms with E-state index in [1.807, 2.05) is 4.98 Å². The molecule has 8 nitrogen and oxygen atoms in total. The number of carboxylic acids is 1. The van der Waals surface area contributed by atoms with Gasteiger partial charge in [0.15, 0.2) is 0 Å². The second-order valence-electron chi connectivity index (χ2n) is 2.94. The number of nitrogens with one attached hydrogen (secondary N) is 3. The normalized spacial score (nSPS) is 9.75. The molecule has 4 N–H and O–H groups in total. The third-order valence-corrected chi connectivity index (χ3v) is 1.68. The molecule has 0 atom stereocenters. The summed E-state index contributed by atoms with van der Waals surface area (Å²) in [5.74, 6) is -1.79. The molecule has 1 rings (SSSR count). The summed E-state index contributed by atoms with van der Waals surface area (Å²) in [6.07, 6.45) is 0.820. The molecule has 0 saturated carbocycles. The number of H-pyrrole nitrogens is 2. The molecule has 86 valence electrons. The summed E-state index contributed by atoms with van der Waals surface area (Å²) in [7, 11) is 0. The molecule has 0 aliphatic carbocycles. The van der Waals surface area contributed by atoms with E-state index in [0.717, 1.165) is 6.20 Å². The van der Waals surface area contributed by atoms with Gasteiger partial charge in [-0.1, -0.05) is 0 Å². The van der Waals surface area contributed by atoms with Crippen molar-refractivity contribution in [1.29, 1.82) is 0 Å². The molecule has 1 aromatic rings. The third-order valence-electron chi connectivity index (χ3n) is 1.68. The highest BCUT2D eigenvalue weighted by molar-refractivity contribution is 5.82. The Morgan fingerprint density at radius 1 is 1.38 bits per heavy atom. The predicted molar refractivity (Wildman–Crippen MR) is 52.0 cm³/mol. The maximum atomic E-state index is 11.1. The quantitative estimate of drug-likeness (QED) is 0.463. The van der Waals surface area contributed by atoms with Crippen LogP contribution in [0, 0.1) is 0 Å². The molecule has 16 heavy (non-hydrogen) atoms. The monoisotopic (exact) mass is 227 g/mol. The van der Waals surface area contributed by atoms with Crippen LogP contribution in [0.2, 0.25) is 0 Å². The van der Waals surface area contributed by atoms with Crippen molar-refractivity contribution in [3.05, 3.63) is 32.6 Å². The van der Waals surface area contributed by atoms with Gasteiger partial charge >= 0.3 is 11.7 Å². The SMILES string of the molecule is O=C(O)CNC(=O)Cc1c[nH]c(=O)[nH]c1=O. The first kappa shape index (κ1) is 11.7. The summed E-state index contributed by atoms with van der Waals surface area (Å²) in [4.78, 5) is 47.2. The number of carbonyl (C=O) groups excluding carboxylic acids is 1. The first-order valence-electron chi connectivity index (χ1n) is 4.28. The minimum atomic E-state index is -1.18. The summed E-state index contributed by atoms with van der Waals surface area (Å²) >= 11 is 0. The van der Waals surface area contributed by atoms with Crippen molar-refractivity contribution in [3.8, 4) is 0 Å². The first-order valence-corrected chi connectivity index (χ1v) is 4.28. The Labute approximate surface area is 88.3 Å². The second kappa shape index (κ2) is 4.91. The lowest BCUT2D eigenvalue weighted by atomic mass is 10.2. The van der Waals surface area contributed by atoms with Crippen LogP contribution < -0.4 is 16.6 Å². The van der Waals surface area contributed by atoms with Crippen LogP contribution in [0.5, 0.6) is 0 Å². The van der Waals surface area contributed by atoms with E-state index >= 15 is 0 Å². The van der Waals surface area contributed by atoms with Gasteiger partial charge in [-0.25, -0.2) is 4.79 Å². The topological polar surface area (TPSA) is 132 Å². The Balaban J connectivity index is 2.66. The van der Waals surface area contributed by atoms with Crippen molar-refractivity contribution >= 4 is 11.9 Å². The fraction of sp³-hybridized carbons (Fsp3) is 0.250. The largest absolute Gasteiger partial charge is 0.480 e. The number of carboxylic acid groups (broad SMARTS) is 1. The van der Waals surface area contributed by atoms with Gasteiger partial charge in [-0.15, -0.1) is 0 Å². The van der Waals surface area contributed by atoms with E-state index in [4.69, 9.17) is 5.11 Å². The van der Waals surface area contributed by atoms with E-state index in [-0.39, 0.29) is 12.0 Å². The van der Waals surface area contributed by atoms with Crippen LogP contribution in [0.1, 0.15) is 5.56 Å². The number of carbonyl (C=O) groups is 2. The number of aliphatic carboxylic acids is 1. The molecule has 0 spiro atoms. The van der Waals surface area contributed by atoms with Crippen LogP contribution >= 0.6 is 0 Å². The van der Waals surface area contributed by atoms with Gasteiger partial charge in [0.2, 0.25) is 5.91 Å². The van der Waals surface area contributed by atoms with Gasteiger partial charge in [-0.05, 0) is 0 Å². The Bertz CT molecular complexity index is 515. The highest BCUT2D eigenvalue weighted by Crippen LogP contribution is 1.86. The number of hydrogen-bond donors (Lipinski definition) is 4. The first-order chi connectivity index (χ1) is 7.49. The van der Waals surface area contributed by atoms with Gasteiger partial charge < -0.3 is 15.4 Å². The molecule has 1 heterocycles. The van der Waals surface area contributed by atoms with E-state index in [1.165, 1.54) is 0 Å². The number of aromatic amines is 2. The van der Waals surface area contributed by atoms with Crippen molar-refractivity contribution < 1.29 is 14.7 Å². The molecule has 1 amide bonds. The van der Waals surface area contributed by atoms with Crippen molar-refractivity contribution in [1.82, 2.24) is 15.3 Å². The minimum Gasteiger partial charge on any atom is -0.480 e. The summed E-state index contributed by atoms with van der Waals surface area (Å²) < 4.78 is 0. The Kier molecular flexibility index (Phi) is 3.59. The average molecular weight is 227 g/mol. The molecule has 0 aromatic carbocycles. The van der Waals surface area contributed by atoms with Gasteiger partial charge in [0.05, 0.1) is 6.42 Å². The van der Waals surface area contributed by atoms with Crippen molar-refractivity contribution in [2.75, 3.05) is 6.54 Å². The lowest BCUT2D eigenvalue weighted by Gasteiger charge is -2.00. The lowest BCUT2D eigenvalue weighted by molar-refractivity contribution is -0.137. The maximum absolute atomic E-state index is 11.1. The second-order valence-corrected chi connectivity index (χ2v) is 2.94. The fourth-order valence-electron chi connectivity index (χ4n) is 0.979. The van der Waals surface area contributed by atoms with E-state index in [0.29, 0.717) is 0 Å². The van der Waals surface area contributed by atoms with E-state index in [2.05, 4.69) is 10.3 Å². The standard InChI is InChI=1S/C8H9N3O5/c12-5(9-3-6(13)14)1-4-2-10-8(16)11-7(4)15/h2H,1,3H2,(H,9,12)(H,13,14)(H2,10,11,15,16). The minimum absolute atomic E-state index is 0.0579. The molecule has 0 aliphatic rings. The molecular formula is C8H9N3O5. The third kappa shape index (κ3) is 3.40. The zero-order chi connectivity index (χ0) is 12.1. The number of aromatic nitrogens is 2. The molecule has 0 radical (unpaired) electrons. The molecule has 8 heteroatoms. The highest BCUT2D eigenvalue weighted by Gasteiger charge is 2.08. The van der Waals surface area contributed by atoms with E-state index in [1.54, 1.807) is 0 Å². The van der Waals surface area contributed by atoms with E-state index in [9.17, 15) is 19.2 Å².